The second-order valence-corrected chi connectivity index (χ2v) is 5.41. The lowest BCUT2D eigenvalue weighted by Gasteiger charge is -2.15. The molecule has 2 rings (SSSR count). The Morgan fingerprint density at radius 1 is 1.53 bits per heavy atom. The van der Waals surface area contributed by atoms with Crippen molar-refractivity contribution in [2.75, 3.05) is 13.1 Å². The van der Waals surface area contributed by atoms with Crippen molar-refractivity contribution in [1.29, 1.82) is 0 Å². The van der Waals surface area contributed by atoms with Crippen LogP contribution in [0.4, 0.5) is 0 Å². The highest BCUT2D eigenvalue weighted by atomic mass is 79.9. The number of carboxylic acid groups (broad SMARTS) is 1. The predicted molar refractivity (Wildman–Crippen MR) is 71.1 cm³/mol. The zero-order valence-corrected chi connectivity index (χ0v) is 11.9. The summed E-state index contributed by atoms with van der Waals surface area (Å²) >= 11 is 3.26. The first kappa shape index (κ1) is 13.8. The van der Waals surface area contributed by atoms with Gasteiger partial charge in [-0.05, 0) is 35.3 Å². The monoisotopic (exact) mass is 328 g/mol. The summed E-state index contributed by atoms with van der Waals surface area (Å²) in [5, 5.41) is 8.91. The third-order valence-electron chi connectivity index (χ3n) is 3.23. The lowest BCUT2D eigenvalue weighted by Crippen LogP contribution is -2.34. The molecule has 1 aromatic heterocycles. The van der Waals surface area contributed by atoms with Crippen molar-refractivity contribution in [2.45, 2.75) is 13.3 Å². The van der Waals surface area contributed by atoms with Crippen LogP contribution >= 0.6 is 15.9 Å². The molecular weight excluding hydrogens is 316 g/mol. The first-order valence-electron chi connectivity index (χ1n) is 5.81. The normalized spacial score (nSPS) is 18.6. The number of carbonyl (C=O) groups excluding carboxylic acids is 1. The molecule has 102 valence electrons. The van der Waals surface area contributed by atoms with Gasteiger partial charge >= 0.3 is 5.97 Å². The molecule has 1 fully saturated rings. The number of pyridine rings is 1. The van der Waals surface area contributed by atoms with Gasteiger partial charge in [-0.25, -0.2) is 0 Å². The van der Waals surface area contributed by atoms with Crippen molar-refractivity contribution < 1.29 is 14.7 Å². The van der Waals surface area contributed by atoms with E-state index in [2.05, 4.69) is 20.9 Å². The number of aliphatic carboxylic acids is 1. The first-order valence-corrected chi connectivity index (χ1v) is 6.61. The van der Waals surface area contributed by atoms with Gasteiger partial charge in [0.1, 0.15) is 5.56 Å². The summed E-state index contributed by atoms with van der Waals surface area (Å²) in [4.78, 5) is 38.8. The lowest BCUT2D eigenvalue weighted by molar-refractivity contribution is -0.141. The van der Waals surface area contributed by atoms with Crippen molar-refractivity contribution in [1.82, 2.24) is 9.88 Å². The highest BCUT2D eigenvalue weighted by Crippen LogP contribution is 2.19. The van der Waals surface area contributed by atoms with Gasteiger partial charge in [0, 0.05) is 23.3 Å². The number of halogens is 1. The number of carboxylic acids is 1. The molecular formula is C12H13BrN2O4. The fourth-order valence-electron chi connectivity index (χ4n) is 2.07. The fraction of sp³-hybridized carbons (Fsp3) is 0.417. The zero-order valence-electron chi connectivity index (χ0n) is 10.3. The molecule has 0 radical (unpaired) electrons. The molecule has 0 spiro atoms. The van der Waals surface area contributed by atoms with Gasteiger partial charge < -0.3 is 15.0 Å². The number of nitrogens with zero attached hydrogens (tertiary/aromatic N) is 1. The van der Waals surface area contributed by atoms with Crippen LogP contribution in [0.1, 0.15) is 22.5 Å². The van der Waals surface area contributed by atoms with Gasteiger partial charge in [-0.15, -0.1) is 0 Å². The molecule has 1 saturated heterocycles. The molecule has 19 heavy (non-hydrogen) atoms. The maximum Gasteiger partial charge on any atom is 0.308 e. The van der Waals surface area contributed by atoms with Crippen LogP contribution < -0.4 is 5.56 Å². The molecule has 0 aliphatic carbocycles. The van der Waals surface area contributed by atoms with Crippen molar-refractivity contribution in [3.05, 3.63) is 32.2 Å². The average Bonchev–Trinajstić information content (AvgIpc) is 2.82. The molecule has 6 nitrogen and oxygen atoms in total. The molecule has 1 unspecified atom stereocenters. The number of aryl methyl sites for hydroxylation is 1. The number of hydrogen-bond donors (Lipinski definition) is 2. The van der Waals surface area contributed by atoms with E-state index >= 15 is 0 Å². The van der Waals surface area contributed by atoms with Gasteiger partial charge in [-0.2, -0.15) is 0 Å². The number of likely N-dealkylation sites (tertiary alicyclic amines) is 1. The minimum Gasteiger partial charge on any atom is -0.481 e. The number of hydrogen-bond acceptors (Lipinski definition) is 3. The van der Waals surface area contributed by atoms with E-state index < -0.39 is 23.4 Å². The number of carbonyl (C=O) groups is 2. The number of aromatic amines is 1. The summed E-state index contributed by atoms with van der Waals surface area (Å²) in [6, 6.07) is 1.48. The maximum atomic E-state index is 12.2. The standard InChI is InChI=1S/C12H13BrN2O4/c1-6-9(13)4-8(10(16)14-6)11(17)15-3-2-7(5-15)12(18)19/h4,7H,2-3,5H2,1H3,(H,14,16)(H,18,19). The Balaban J connectivity index is 2.24. The van der Waals surface area contributed by atoms with E-state index in [-0.39, 0.29) is 12.1 Å². The summed E-state index contributed by atoms with van der Waals surface area (Å²) < 4.78 is 0.643. The van der Waals surface area contributed by atoms with Crippen molar-refractivity contribution in [3.8, 4) is 0 Å². The second kappa shape index (κ2) is 5.16. The SMILES string of the molecule is Cc1[nH]c(=O)c(C(=O)N2CCC(C(=O)O)C2)cc1Br. The molecule has 0 saturated carbocycles. The van der Waals surface area contributed by atoms with Crippen LogP contribution in [0, 0.1) is 12.8 Å². The molecule has 1 amide bonds. The van der Waals surface area contributed by atoms with Crippen LogP contribution in [0.3, 0.4) is 0 Å². The molecule has 7 heteroatoms. The second-order valence-electron chi connectivity index (χ2n) is 4.56. The molecule has 2 heterocycles. The van der Waals surface area contributed by atoms with Crippen LogP contribution in [0.25, 0.3) is 0 Å². The number of aromatic nitrogens is 1. The molecule has 1 atom stereocenters. The number of amides is 1. The minimum absolute atomic E-state index is 0.0310. The summed E-state index contributed by atoms with van der Waals surface area (Å²) in [6.07, 6.45) is 0.423. The van der Waals surface area contributed by atoms with Crippen LogP contribution in [-0.2, 0) is 4.79 Å². The number of H-pyrrole nitrogens is 1. The van der Waals surface area contributed by atoms with Crippen molar-refractivity contribution >= 4 is 27.8 Å². The number of nitrogens with one attached hydrogen (secondary N) is 1. The van der Waals surface area contributed by atoms with E-state index in [4.69, 9.17) is 5.11 Å². The minimum atomic E-state index is -0.908. The average molecular weight is 329 g/mol. The quantitative estimate of drug-likeness (QED) is 0.847. The summed E-state index contributed by atoms with van der Waals surface area (Å²) in [5.74, 6) is -1.88. The van der Waals surface area contributed by atoms with Gasteiger partial charge in [0.15, 0.2) is 0 Å². The van der Waals surface area contributed by atoms with Gasteiger partial charge in [0.05, 0.1) is 5.92 Å². The number of rotatable bonds is 2. The Kier molecular flexibility index (Phi) is 3.75. The molecule has 2 N–H and O–H groups in total. The van der Waals surface area contributed by atoms with Crippen LogP contribution in [-0.4, -0.2) is 40.0 Å². The summed E-state index contributed by atoms with van der Waals surface area (Å²) in [5.41, 5.74) is 0.222. The van der Waals surface area contributed by atoms with Crippen LogP contribution in [0.15, 0.2) is 15.3 Å². The van der Waals surface area contributed by atoms with Gasteiger partial charge in [0.25, 0.3) is 11.5 Å². The summed E-state index contributed by atoms with van der Waals surface area (Å²) in [6.45, 7) is 2.23. The summed E-state index contributed by atoms with van der Waals surface area (Å²) in [7, 11) is 0. The third kappa shape index (κ3) is 2.70. The molecule has 0 bridgehead atoms. The third-order valence-corrected chi connectivity index (χ3v) is 4.05. The van der Waals surface area contributed by atoms with E-state index in [1.54, 1.807) is 6.92 Å². The van der Waals surface area contributed by atoms with Crippen molar-refractivity contribution in [2.24, 2.45) is 5.92 Å². The fourth-order valence-corrected chi connectivity index (χ4v) is 2.40. The van der Waals surface area contributed by atoms with E-state index in [1.165, 1.54) is 11.0 Å². The first-order chi connectivity index (χ1) is 8.90. The van der Waals surface area contributed by atoms with Crippen LogP contribution in [0.5, 0.6) is 0 Å². The highest BCUT2D eigenvalue weighted by Gasteiger charge is 2.32. The lowest BCUT2D eigenvalue weighted by atomic mass is 10.1. The Hall–Kier alpha value is -1.63. The van der Waals surface area contributed by atoms with E-state index in [0.29, 0.717) is 23.1 Å². The topological polar surface area (TPSA) is 90.5 Å². The Morgan fingerprint density at radius 3 is 2.79 bits per heavy atom. The molecule has 1 aromatic rings. The van der Waals surface area contributed by atoms with Gasteiger partial charge in [-0.3, -0.25) is 14.4 Å². The van der Waals surface area contributed by atoms with E-state index in [1.807, 2.05) is 0 Å². The maximum absolute atomic E-state index is 12.2. The highest BCUT2D eigenvalue weighted by molar-refractivity contribution is 9.10. The Morgan fingerprint density at radius 2 is 2.21 bits per heavy atom. The smallest absolute Gasteiger partial charge is 0.308 e. The largest absolute Gasteiger partial charge is 0.481 e. The van der Waals surface area contributed by atoms with Gasteiger partial charge in [-0.1, -0.05) is 0 Å². The predicted octanol–water partition coefficient (Wildman–Crippen LogP) is 0.993. The molecule has 0 aromatic carbocycles. The van der Waals surface area contributed by atoms with Crippen molar-refractivity contribution in [3.63, 3.8) is 0 Å². The Bertz CT molecular complexity index is 596. The zero-order chi connectivity index (χ0) is 14.2. The van der Waals surface area contributed by atoms with Gasteiger partial charge in [0.2, 0.25) is 0 Å². The Labute approximate surface area is 117 Å². The van der Waals surface area contributed by atoms with E-state index in [0.717, 1.165) is 0 Å². The molecule has 1 aliphatic heterocycles. The van der Waals surface area contributed by atoms with Crippen LogP contribution in [0.2, 0.25) is 0 Å². The molecule has 1 aliphatic rings. The van der Waals surface area contributed by atoms with E-state index in [9.17, 15) is 14.4 Å².